The molecule has 3 rings (SSSR count). The number of likely N-dealkylation sites (N-methyl/N-ethyl adjacent to an activating group) is 1. The van der Waals surface area contributed by atoms with Gasteiger partial charge in [-0.05, 0) is 35.9 Å². The lowest BCUT2D eigenvalue weighted by atomic mass is 10.1. The van der Waals surface area contributed by atoms with Gasteiger partial charge in [-0.1, -0.05) is 18.2 Å². The second-order valence-electron chi connectivity index (χ2n) is 6.91. The molecule has 1 aliphatic rings. The van der Waals surface area contributed by atoms with Gasteiger partial charge in [-0.25, -0.2) is 0 Å². The molecule has 0 radical (unpaired) electrons. The molecule has 1 fully saturated rings. The Morgan fingerprint density at radius 3 is 2.41 bits per heavy atom. The Kier molecular flexibility index (Phi) is 5.70. The van der Waals surface area contributed by atoms with Crippen molar-refractivity contribution in [2.45, 2.75) is 12.6 Å². The molecule has 2 aromatic rings. The molecule has 0 unspecified atom stereocenters. The van der Waals surface area contributed by atoms with Gasteiger partial charge < -0.3 is 15.1 Å². The van der Waals surface area contributed by atoms with E-state index in [0.717, 1.165) is 44.0 Å². The predicted molar refractivity (Wildman–Crippen MR) is 99.1 cm³/mol. The fraction of sp³-hybridized carbons (Fsp3) is 0.350. The van der Waals surface area contributed by atoms with Crippen molar-refractivity contribution in [1.82, 2.24) is 0 Å². The van der Waals surface area contributed by atoms with Crippen LogP contribution < -0.4 is 15.1 Å². The van der Waals surface area contributed by atoms with Crippen molar-refractivity contribution in [1.29, 1.82) is 0 Å². The number of rotatable bonds is 4. The van der Waals surface area contributed by atoms with Crippen molar-refractivity contribution in [3.63, 3.8) is 0 Å². The van der Waals surface area contributed by atoms with Gasteiger partial charge in [0.2, 0.25) is 5.91 Å². The number of alkyl halides is 3. The topological polar surface area (TPSA) is 36.8 Å². The van der Waals surface area contributed by atoms with E-state index >= 15 is 0 Å². The minimum absolute atomic E-state index is 0.104. The predicted octanol–water partition coefficient (Wildman–Crippen LogP) is 2.22. The molecule has 0 bridgehead atoms. The number of halogens is 3. The quantitative estimate of drug-likeness (QED) is 0.856. The maximum atomic E-state index is 12.8. The van der Waals surface area contributed by atoms with E-state index in [1.165, 1.54) is 17.0 Å². The Bertz CT molecular complexity index is 782. The number of hydrogen-bond donors (Lipinski definition) is 2. The van der Waals surface area contributed by atoms with Crippen LogP contribution in [-0.2, 0) is 17.4 Å². The summed E-state index contributed by atoms with van der Waals surface area (Å²) in [6.45, 7) is 4.17. The number of nitrogens with zero attached hydrogens (tertiary/aromatic N) is 1. The van der Waals surface area contributed by atoms with E-state index in [2.05, 4.69) is 17.3 Å². The second-order valence-corrected chi connectivity index (χ2v) is 6.91. The summed E-state index contributed by atoms with van der Waals surface area (Å²) in [4.78, 5) is 16.0. The molecular weight excluding hydrogens is 355 g/mol. The maximum Gasteiger partial charge on any atom is 0.416 e. The smallest absolute Gasteiger partial charge is 0.360 e. The summed E-state index contributed by atoms with van der Waals surface area (Å²) in [6.07, 6.45) is -4.51. The summed E-state index contributed by atoms with van der Waals surface area (Å²) < 4.78 is 38.3. The minimum Gasteiger partial charge on any atom is -0.360 e. The number of carbonyl (C=O) groups is 1. The van der Waals surface area contributed by atoms with Crippen LogP contribution in [0.25, 0.3) is 0 Å². The number of benzene rings is 2. The fourth-order valence-electron chi connectivity index (χ4n) is 3.15. The van der Waals surface area contributed by atoms with Gasteiger partial charge in [-0.15, -0.1) is 0 Å². The van der Waals surface area contributed by atoms with Gasteiger partial charge >= 0.3 is 6.18 Å². The Morgan fingerprint density at radius 2 is 1.78 bits per heavy atom. The van der Waals surface area contributed by atoms with E-state index in [0.29, 0.717) is 11.3 Å². The number of hydrogen-bond acceptors (Lipinski definition) is 2. The van der Waals surface area contributed by atoms with Crippen molar-refractivity contribution in [2.24, 2.45) is 0 Å². The molecular formula is C20H23F3N3O+. The average molecular weight is 378 g/mol. The van der Waals surface area contributed by atoms with E-state index in [1.54, 1.807) is 0 Å². The molecule has 7 heteroatoms. The normalized spacial score (nSPS) is 15.6. The molecule has 4 nitrogen and oxygen atoms in total. The fourth-order valence-corrected chi connectivity index (χ4v) is 3.15. The Morgan fingerprint density at radius 1 is 1.11 bits per heavy atom. The molecule has 1 saturated heterocycles. The largest absolute Gasteiger partial charge is 0.416 e. The van der Waals surface area contributed by atoms with E-state index < -0.39 is 11.7 Å². The molecule has 0 spiro atoms. The number of piperazine rings is 1. The minimum atomic E-state index is -4.41. The number of quaternary nitrogens is 1. The third-order valence-electron chi connectivity index (χ3n) is 4.75. The standard InChI is InChI=1S/C20H22F3N3O/c1-25-9-11-26(12-10-25)18-7-5-17(6-8-18)24-19(27)14-15-3-2-4-16(13-15)20(21,22)23/h2-8,13H,9-12,14H2,1H3,(H,24,27)/p+1. The van der Waals surface area contributed by atoms with Crippen LogP contribution in [0.4, 0.5) is 24.5 Å². The highest BCUT2D eigenvalue weighted by molar-refractivity contribution is 5.92. The number of carbonyl (C=O) groups excluding carboxylic acids is 1. The van der Waals surface area contributed by atoms with Crippen molar-refractivity contribution < 1.29 is 22.9 Å². The van der Waals surface area contributed by atoms with Crippen LogP contribution in [0.15, 0.2) is 48.5 Å². The lowest BCUT2D eigenvalue weighted by molar-refractivity contribution is -0.880. The lowest BCUT2D eigenvalue weighted by Gasteiger charge is -2.31. The lowest BCUT2D eigenvalue weighted by Crippen LogP contribution is -3.12. The van der Waals surface area contributed by atoms with E-state index in [9.17, 15) is 18.0 Å². The van der Waals surface area contributed by atoms with Gasteiger partial charge in [-0.3, -0.25) is 4.79 Å². The molecule has 1 heterocycles. The molecule has 0 atom stereocenters. The zero-order valence-electron chi connectivity index (χ0n) is 15.1. The monoisotopic (exact) mass is 378 g/mol. The summed E-state index contributed by atoms with van der Waals surface area (Å²) in [5, 5.41) is 2.74. The van der Waals surface area contributed by atoms with E-state index in [-0.39, 0.29) is 12.3 Å². The van der Waals surface area contributed by atoms with Crippen LogP contribution >= 0.6 is 0 Å². The van der Waals surface area contributed by atoms with Gasteiger partial charge in [-0.2, -0.15) is 13.2 Å². The molecule has 2 N–H and O–H groups in total. The van der Waals surface area contributed by atoms with E-state index in [4.69, 9.17) is 0 Å². The van der Waals surface area contributed by atoms with Crippen molar-refractivity contribution in [2.75, 3.05) is 43.4 Å². The first-order valence-corrected chi connectivity index (χ1v) is 8.93. The Labute approximate surface area is 156 Å². The number of nitrogens with one attached hydrogen (secondary N) is 2. The molecule has 1 aliphatic heterocycles. The maximum absolute atomic E-state index is 12.8. The SMILES string of the molecule is C[NH+]1CCN(c2ccc(NC(=O)Cc3cccc(C(F)(F)F)c3)cc2)CC1. The summed E-state index contributed by atoms with van der Waals surface area (Å²) in [7, 11) is 2.18. The Hall–Kier alpha value is -2.54. The summed E-state index contributed by atoms with van der Waals surface area (Å²) in [6, 6.07) is 12.4. The third-order valence-corrected chi connectivity index (χ3v) is 4.75. The van der Waals surface area contributed by atoms with Crippen LogP contribution in [0.1, 0.15) is 11.1 Å². The molecule has 27 heavy (non-hydrogen) atoms. The Balaban J connectivity index is 1.58. The van der Waals surface area contributed by atoms with E-state index in [1.807, 2.05) is 24.3 Å². The van der Waals surface area contributed by atoms with Crippen LogP contribution in [-0.4, -0.2) is 39.1 Å². The summed E-state index contributed by atoms with van der Waals surface area (Å²) >= 11 is 0. The van der Waals surface area contributed by atoms with Gasteiger partial charge in [0, 0.05) is 11.4 Å². The van der Waals surface area contributed by atoms with Crippen molar-refractivity contribution in [3.8, 4) is 0 Å². The van der Waals surface area contributed by atoms with Crippen LogP contribution in [0.5, 0.6) is 0 Å². The molecule has 2 aromatic carbocycles. The van der Waals surface area contributed by atoms with Gasteiger partial charge in [0.15, 0.2) is 0 Å². The second kappa shape index (κ2) is 8.00. The molecule has 1 amide bonds. The first-order chi connectivity index (χ1) is 12.8. The summed E-state index contributed by atoms with van der Waals surface area (Å²) in [5.41, 5.74) is 1.33. The molecule has 0 aromatic heterocycles. The van der Waals surface area contributed by atoms with Crippen molar-refractivity contribution in [3.05, 3.63) is 59.7 Å². The first kappa shape index (κ1) is 19.2. The van der Waals surface area contributed by atoms with Crippen LogP contribution in [0.2, 0.25) is 0 Å². The average Bonchev–Trinajstić information content (AvgIpc) is 2.62. The molecule has 0 saturated carbocycles. The molecule has 0 aliphatic carbocycles. The van der Waals surface area contributed by atoms with Gasteiger partial charge in [0.1, 0.15) is 0 Å². The van der Waals surface area contributed by atoms with Gasteiger partial charge in [0.25, 0.3) is 0 Å². The van der Waals surface area contributed by atoms with Crippen LogP contribution in [0.3, 0.4) is 0 Å². The molecule has 144 valence electrons. The number of amides is 1. The first-order valence-electron chi connectivity index (χ1n) is 8.93. The third kappa shape index (κ3) is 5.23. The highest BCUT2D eigenvalue weighted by Crippen LogP contribution is 2.29. The van der Waals surface area contributed by atoms with Gasteiger partial charge in [0.05, 0.1) is 45.2 Å². The zero-order valence-corrected chi connectivity index (χ0v) is 15.1. The zero-order chi connectivity index (χ0) is 19.4. The van der Waals surface area contributed by atoms with Crippen molar-refractivity contribution >= 4 is 17.3 Å². The summed E-state index contributed by atoms with van der Waals surface area (Å²) in [5.74, 6) is -0.342. The van der Waals surface area contributed by atoms with Crippen LogP contribution in [0, 0.1) is 0 Å². The highest BCUT2D eigenvalue weighted by Gasteiger charge is 2.30. The highest BCUT2D eigenvalue weighted by atomic mass is 19.4. The number of anilines is 2.